The van der Waals surface area contributed by atoms with Gasteiger partial charge in [0.25, 0.3) is 0 Å². The quantitative estimate of drug-likeness (QED) is 0.479. The Balaban J connectivity index is 1.30. The van der Waals surface area contributed by atoms with Gasteiger partial charge in [-0.3, -0.25) is 9.78 Å². The number of carbonyl (C=O) groups excluding carboxylic acids is 1. The summed E-state index contributed by atoms with van der Waals surface area (Å²) in [5.41, 5.74) is 1.27. The second-order valence-electron chi connectivity index (χ2n) is 6.38. The third-order valence-corrected chi connectivity index (χ3v) is 4.99. The zero-order valence-electron chi connectivity index (χ0n) is 15.5. The molecule has 3 heterocycles. The van der Waals surface area contributed by atoms with Gasteiger partial charge in [-0.1, -0.05) is 5.16 Å². The SMILES string of the molecule is O=C(CCc1nc(-c2ccncc2)no1)Nc1ncc(Cc2cc(F)cc(F)c2)s1. The summed E-state index contributed by atoms with van der Waals surface area (Å²) in [5, 5.41) is 7.01. The van der Waals surface area contributed by atoms with Crippen LogP contribution in [0.15, 0.2) is 53.4 Å². The topological polar surface area (TPSA) is 93.8 Å². The van der Waals surface area contributed by atoms with Crippen molar-refractivity contribution < 1.29 is 18.1 Å². The third kappa shape index (κ3) is 5.09. The highest BCUT2D eigenvalue weighted by molar-refractivity contribution is 7.15. The van der Waals surface area contributed by atoms with Gasteiger partial charge in [-0.25, -0.2) is 13.8 Å². The van der Waals surface area contributed by atoms with Crippen LogP contribution in [0.3, 0.4) is 0 Å². The van der Waals surface area contributed by atoms with Crippen molar-refractivity contribution in [1.82, 2.24) is 20.1 Å². The molecule has 0 aliphatic heterocycles. The lowest BCUT2D eigenvalue weighted by Gasteiger charge is -2.00. The molecule has 1 N–H and O–H groups in total. The lowest BCUT2D eigenvalue weighted by Crippen LogP contribution is -2.12. The van der Waals surface area contributed by atoms with Crippen molar-refractivity contribution >= 4 is 22.4 Å². The molecule has 0 spiro atoms. The molecular formula is C20H15F2N5O2S. The molecule has 0 saturated heterocycles. The summed E-state index contributed by atoms with van der Waals surface area (Å²) in [5.74, 6) is -0.722. The molecule has 0 radical (unpaired) electrons. The summed E-state index contributed by atoms with van der Waals surface area (Å²) in [7, 11) is 0. The van der Waals surface area contributed by atoms with Crippen LogP contribution < -0.4 is 5.32 Å². The van der Waals surface area contributed by atoms with E-state index in [0.29, 0.717) is 28.8 Å². The van der Waals surface area contributed by atoms with Crippen LogP contribution in [0.4, 0.5) is 13.9 Å². The smallest absolute Gasteiger partial charge is 0.227 e. The first-order valence-corrected chi connectivity index (χ1v) is 9.79. The Kier molecular flexibility index (Phi) is 5.84. The fourth-order valence-corrected chi connectivity index (χ4v) is 3.60. The number of hydrogen-bond donors (Lipinski definition) is 1. The van der Waals surface area contributed by atoms with Gasteiger partial charge in [0.2, 0.25) is 17.6 Å². The van der Waals surface area contributed by atoms with Gasteiger partial charge in [-0.15, -0.1) is 11.3 Å². The molecule has 1 aromatic carbocycles. The van der Waals surface area contributed by atoms with Crippen molar-refractivity contribution in [2.75, 3.05) is 5.32 Å². The van der Waals surface area contributed by atoms with E-state index in [4.69, 9.17) is 4.52 Å². The molecule has 0 unspecified atom stereocenters. The number of rotatable bonds is 7. The monoisotopic (exact) mass is 427 g/mol. The number of hydrogen-bond acceptors (Lipinski definition) is 7. The Morgan fingerprint density at radius 1 is 1.13 bits per heavy atom. The number of halogens is 2. The predicted molar refractivity (Wildman–Crippen MR) is 106 cm³/mol. The number of pyridine rings is 1. The summed E-state index contributed by atoms with van der Waals surface area (Å²) >= 11 is 1.25. The van der Waals surface area contributed by atoms with Crippen LogP contribution in [-0.2, 0) is 17.6 Å². The van der Waals surface area contributed by atoms with Gasteiger partial charge < -0.3 is 9.84 Å². The maximum atomic E-state index is 13.3. The van der Waals surface area contributed by atoms with Crippen LogP contribution in [0.25, 0.3) is 11.4 Å². The number of nitrogens with one attached hydrogen (secondary N) is 1. The number of thiazole rings is 1. The summed E-state index contributed by atoms with van der Waals surface area (Å²) in [4.78, 5) is 25.3. The van der Waals surface area contributed by atoms with Gasteiger partial charge in [0.1, 0.15) is 11.6 Å². The Morgan fingerprint density at radius 3 is 2.67 bits per heavy atom. The normalized spacial score (nSPS) is 10.9. The molecule has 4 aromatic rings. The average Bonchev–Trinajstić information content (AvgIpc) is 3.36. The Labute approximate surface area is 173 Å². The van der Waals surface area contributed by atoms with Crippen LogP contribution in [0.2, 0.25) is 0 Å². The van der Waals surface area contributed by atoms with Gasteiger partial charge in [0.15, 0.2) is 5.13 Å². The first-order chi connectivity index (χ1) is 14.5. The van der Waals surface area contributed by atoms with Crippen molar-refractivity contribution in [3.05, 3.63) is 76.9 Å². The van der Waals surface area contributed by atoms with Crippen molar-refractivity contribution in [3.8, 4) is 11.4 Å². The maximum Gasteiger partial charge on any atom is 0.227 e. The summed E-state index contributed by atoms with van der Waals surface area (Å²) in [6.07, 6.45) is 5.58. The third-order valence-electron chi connectivity index (χ3n) is 4.07. The Morgan fingerprint density at radius 2 is 1.90 bits per heavy atom. The standard InChI is InChI=1S/C20H15F2N5O2S/c21-14-7-12(8-15(22)10-14)9-16-11-24-20(30-16)25-17(28)1-2-18-26-19(27-29-18)13-3-5-23-6-4-13/h3-8,10-11H,1-2,9H2,(H,24,25,28). The van der Waals surface area contributed by atoms with Crippen molar-refractivity contribution in [2.45, 2.75) is 19.3 Å². The van der Waals surface area contributed by atoms with Crippen molar-refractivity contribution in [2.24, 2.45) is 0 Å². The van der Waals surface area contributed by atoms with Crippen LogP contribution >= 0.6 is 11.3 Å². The Hall–Kier alpha value is -3.53. The number of aromatic nitrogens is 4. The summed E-state index contributed by atoms with van der Waals surface area (Å²) < 4.78 is 31.8. The molecule has 3 aromatic heterocycles. The number of benzene rings is 1. The van der Waals surface area contributed by atoms with Gasteiger partial charge in [0.05, 0.1) is 0 Å². The van der Waals surface area contributed by atoms with E-state index in [1.54, 1.807) is 30.7 Å². The van der Waals surface area contributed by atoms with Crippen molar-refractivity contribution in [3.63, 3.8) is 0 Å². The number of aryl methyl sites for hydroxylation is 1. The van der Waals surface area contributed by atoms with E-state index in [-0.39, 0.29) is 18.7 Å². The van der Waals surface area contributed by atoms with Gasteiger partial charge >= 0.3 is 0 Å². The molecule has 4 rings (SSSR count). The highest BCUT2D eigenvalue weighted by Crippen LogP contribution is 2.22. The molecule has 30 heavy (non-hydrogen) atoms. The molecule has 0 bridgehead atoms. The number of amides is 1. The summed E-state index contributed by atoms with van der Waals surface area (Å²) in [6.45, 7) is 0. The number of anilines is 1. The van der Waals surface area contributed by atoms with E-state index < -0.39 is 11.6 Å². The van der Waals surface area contributed by atoms with Crippen LogP contribution in [0.5, 0.6) is 0 Å². The Bertz CT molecular complexity index is 1140. The highest BCUT2D eigenvalue weighted by atomic mass is 32.1. The molecular weight excluding hydrogens is 412 g/mol. The molecule has 10 heteroatoms. The second kappa shape index (κ2) is 8.87. The minimum Gasteiger partial charge on any atom is -0.339 e. The van der Waals surface area contributed by atoms with E-state index >= 15 is 0 Å². The lowest BCUT2D eigenvalue weighted by atomic mass is 10.1. The molecule has 0 fully saturated rings. The fourth-order valence-electron chi connectivity index (χ4n) is 2.74. The molecule has 1 amide bonds. The molecule has 0 saturated carbocycles. The maximum absolute atomic E-state index is 13.3. The van der Waals surface area contributed by atoms with E-state index in [1.807, 2.05) is 0 Å². The minimum atomic E-state index is -0.629. The molecule has 0 aliphatic carbocycles. The van der Waals surface area contributed by atoms with Crippen LogP contribution in [0, 0.1) is 11.6 Å². The fraction of sp³-hybridized carbons (Fsp3) is 0.150. The van der Waals surface area contributed by atoms with E-state index in [0.717, 1.165) is 16.5 Å². The zero-order chi connectivity index (χ0) is 20.9. The first kappa shape index (κ1) is 19.8. The largest absolute Gasteiger partial charge is 0.339 e. The lowest BCUT2D eigenvalue weighted by molar-refractivity contribution is -0.116. The molecule has 0 aliphatic rings. The van der Waals surface area contributed by atoms with Crippen LogP contribution in [0.1, 0.15) is 22.8 Å². The van der Waals surface area contributed by atoms with Gasteiger partial charge in [0, 0.05) is 54.4 Å². The van der Waals surface area contributed by atoms with Crippen LogP contribution in [-0.4, -0.2) is 26.0 Å². The highest BCUT2D eigenvalue weighted by Gasteiger charge is 2.12. The molecule has 152 valence electrons. The number of nitrogens with zero attached hydrogens (tertiary/aromatic N) is 4. The number of carbonyl (C=O) groups is 1. The van der Waals surface area contributed by atoms with Gasteiger partial charge in [-0.05, 0) is 29.8 Å². The van der Waals surface area contributed by atoms with E-state index in [2.05, 4.69) is 25.4 Å². The average molecular weight is 427 g/mol. The van der Waals surface area contributed by atoms with Gasteiger partial charge in [-0.2, -0.15) is 4.98 Å². The minimum absolute atomic E-state index is 0.141. The van der Waals surface area contributed by atoms with E-state index in [1.165, 1.54) is 23.5 Å². The second-order valence-corrected chi connectivity index (χ2v) is 7.50. The molecule has 0 atom stereocenters. The summed E-state index contributed by atoms with van der Waals surface area (Å²) in [6, 6.07) is 6.89. The van der Waals surface area contributed by atoms with Crippen molar-refractivity contribution in [1.29, 1.82) is 0 Å². The zero-order valence-corrected chi connectivity index (χ0v) is 16.3. The predicted octanol–water partition coefficient (Wildman–Crippen LogP) is 4.03. The first-order valence-electron chi connectivity index (χ1n) is 8.98. The molecule has 7 nitrogen and oxygen atoms in total. The van der Waals surface area contributed by atoms with E-state index in [9.17, 15) is 13.6 Å².